The van der Waals surface area contributed by atoms with Gasteiger partial charge in [-0.3, -0.25) is 4.90 Å². The van der Waals surface area contributed by atoms with E-state index in [2.05, 4.69) is 18.7 Å². The molecule has 3 heteroatoms. The molecule has 2 rings (SSSR count). The van der Waals surface area contributed by atoms with E-state index in [4.69, 9.17) is 10.5 Å². The minimum Gasteiger partial charge on any atom is -0.381 e. The van der Waals surface area contributed by atoms with E-state index in [1.165, 1.54) is 25.9 Å². The molecule has 2 N–H and O–H groups in total. The zero-order valence-electron chi connectivity index (χ0n) is 10.8. The highest BCUT2D eigenvalue weighted by molar-refractivity contribution is 4.98. The molecule has 0 bridgehead atoms. The largest absolute Gasteiger partial charge is 0.381 e. The Morgan fingerprint density at radius 1 is 1.19 bits per heavy atom. The van der Waals surface area contributed by atoms with Crippen LogP contribution in [0.15, 0.2) is 0 Å². The maximum Gasteiger partial charge on any atom is 0.0484 e. The minimum atomic E-state index is 0.226. The van der Waals surface area contributed by atoms with E-state index in [1.807, 2.05) is 0 Å². The van der Waals surface area contributed by atoms with Gasteiger partial charge in [-0.2, -0.15) is 0 Å². The summed E-state index contributed by atoms with van der Waals surface area (Å²) in [4.78, 5) is 2.64. The average molecular weight is 226 g/mol. The first-order chi connectivity index (χ1) is 7.58. The molecule has 2 heterocycles. The topological polar surface area (TPSA) is 38.5 Å². The Kier molecular flexibility index (Phi) is 3.57. The third-order valence-corrected chi connectivity index (χ3v) is 4.37. The van der Waals surface area contributed by atoms with Crippen molar-refractivity contribution in [3.8, 4) is 0 Å². The van der Waals surface area contributed by atoms with Crippen molar-refractivity contribution in [2.75, 3.05) is 32.8 Å². The van der Waals surface area contributed by atoms with Gasteiger partial charge in [0.1, 0.15) is 0 Å². The van der Waals surface area contributed by atoms with Crippen LogP contribution in [0.2, 0.25) is 0 Å². The van der Waals surface area contributed by atoms with Gasteiger partial charge in [0, 0.05) is 31.8 Å². The number of hydrogen-bond donors (Lipinski definition) is 1. The van der Waals surface area contributed by atoms with Gasteiger partial charge >= 0.3 is 0 Å². The van der Waals surface area contributed by atoms with Crippen LogP contribution in [0.4, 0.5) is 0 Å². The first-order valence-corrected chi connectivity index (χ1v) is 6.61. The van der Waals surface area contributed by atoms with E-state index in [-0.39, 0.29) is 5.54 Å². The smallest absolute Gasteiger partial charge is 0.0484 e. The van der Waals surface area contributed by atoms with Crippen molar-refractivity contribution in [3.63, 3.8) is 0 Å². The van der Waals surface area contributed by atoms with Gasteiger partial charge in [0.2, 0.25) is 0 Å². The maximum atomic E-state index is 6.08. The normalized spacial score (nSPS) is 36.2. The summed E-state index contributed by atoms with van der Waals surface area (Å²) in [6.07, 6.45) is 4.78. The highest BCUT2D eigenvalue weighted by Gasteiger charge is 2.42. The molecule has 0 spiro atoms. The monoisotopic (exact) mass is 226 g/mol. The summed E-state index contributed by atoms with van der Waals surface area (Å²) >= 11 is 0. The van der Waals surface area contributed by atoms with Crippen LogP contribution < -0.4 is 5.73 Å². The second-order valence-corrected chi connectivity index (χ2v) is 6.23. The molecule has 2 saturated heterocycles. The Bertz CT molecular complexity index is 232. The van der Waals surface area contributed by atoms with Crippen molar-refractivity contribution in [3.05, 3.63) is 0 Å². The lowest BCUT2D eigenvalue weighted by molar-refractivity contribution is 0.0796. The lowest BCUT2D eigenvalue weighted by Crippen LogP contribution is -2.53. The molecule has 0 radical (unpaired) electrons. The predicted octanol–water partition coefficient (Wildman–Crippen LogP) is 1.62. The summed E-state index contributed by atoms with van der Waals surface area (Å²) in [6.45, 7) is 9.72. The van der Waals surface area contributed by atoms with Crippen molar-refractivity contribution in [2.45, 2.75) is 45.1 Å². The first kappa shape index (κ1) is 12.3. The SMILES string of the molecule is CC1(C)CCN(C2(CN)CCCOCC2)C1. The summed E-state index contributed by atoms with van der Waals surface area (Å²) in [6, 6.07) is 0. The lowest BCUT2D eigenvalue weighted by Gasteiger charge is -2.41. The number of nitrogens with zero attached hydrogens (tertiary/aromatic N) is 1. The summed E-state index contributed by atoms with van der Waals surface area (Å²) in [5.41, 5.74) is 6.77. The molecule has 0 saturated carbocycles. The Labute approximate surface area is 99.3 Å². The molecular weight excluding hydrogens is 200 g/mol. The van der Waals surface area contributed by atoms with Crippen molar-refractivity contribution in [1.29, 1.82) is 0 Å². The van der Waals surface area contributed by atoms with Crippen molar-refractivity contribution < 1.29 is 4.74 Å². The van der Waals surface area contributed by atoms with Crippen LogP contribution in [0.25, 0.3) is 0 Å². The van der Waals surface area contributed by atoms with Gasteiger partial charge in [-0.1, -0.05) is 13.8 Å². The van der Waals surface area contributed by atoms with Gasteiger partial charge in [-0.25, -0.2) is 0 Å². The molecule has 0 amide bonds. The Morgan fingerprint density at radius 3 is 2.62 bits per heavy atom. The van der Waals surface area contributed by atoms with E-state index in [0.717, 1.165) is 32.6 Å². The fourth-order valence-corrected chi connectivity index (χ4v) is 3.16. The molecular formula is C13H26N2O. The van der Waals surface area contributed by atoms with Gasteiger partial charge in [0.05, 0.1) is 0 Å². The van der Waals surface area contributed by atoms with Gasteiger partial charge in [-0.15, -0.1) is 0 Å². The van der Waals surface area contributed by atoms with E-state index in [1.54, 1.807) is 0 Å². The number of hydrogen-bond acceptors (Lipinski definition) is 3. The molecule has 16 heavy (non-hydrogen) atoms. The molecule has 0 aromatic carbocycles. The van der Waals surface area contributed by atoms with Crippen LogP contribution in [-0.4, -0.2) is 43.3 Å². The molecule has 1 unspecified atom stereocenters. The van der Waals surface area contributed by atoms with Gasteiger partial charge in [0.15, 0.2) is 0 Å². The van der Waals surface area contributed by atoms with E-state index >= 15 is 0 Å². The van der Waals surface area contributed by atoms with E-state index < -0.39 is 0 Å². The zero-order valence-corrected chi connectivity index (χ0v) is 10.8. The first-order valence-electron chi connectivity index (χ1n) is 6.61. The fraction of sp³-hybridized carbons (Fsp3) is 1.00. The van der Waals surface area contributed by atoms with Crippen LogP contribution in [-0.2, 0) is 4.74 Å². The van der Waals surface area contributed by atoms with Crippen molar-refractivity contribution in [1.82, 2.24) is 4.90 Å². The summed E-state index contributed by atoms with van der Waals surface area (Å²) in [7, 11) is 0. The van der Waals surface area contributed by atoms with Crippen LogP contribution >= 0.6 is 0 Å². The molecule has 2 fully saturated rings. The summed E-state index contributed by atoms with van der Waals surface area (Å²) < 4.78 is 5.58. The Morgan fingerprint density at radius 2 is 2.00 bits per heavy atom. The second-order valence-electron chi connectivity index (χ2n) is 6.23. The number of nitrogens with two attached hydrogens (primary N) is 1. The highest BCUT2D eigenvalue weighted by Crippen LogP contribution is 2.37. The summed E-state index contributed by atoms with van der Waals surface area (Å²) in [5.74, 6) is 0. The van der Waals surface area contributed by atoms with E-state index in [0.29, 0.717) is 5.41 Å². The molecule has 2 aliphatic heterocycles. The average Bonchev–Trinajstić information content (AvgIpc) is 2.52. The molecule has 0 aromatic rings. The van der Waals surface area contributed by atoms with E-state index in [9.17, 15) is 0 Å². The molecule has 94 valence electrons. The molecule has 2 aliphatic rings. The third-order valence-electron chi connectivity index (χ3n) is 4.37. The highest BCUT2D eigenvalue weighted by atomic mass is 16.5. The molecule has 0 aliphatic carbocycles. The zero-order chi connectivity index (χ0) is 11.6. The number of rotatable bonds is 2. The number of ether oxygens (including phenoxy) is 1. The quantitative estimate of drug-likeness (QED) is 0.777. The number of likely N-dealkylation sites (tertiary alicyclic amines) is 1. The standard InChI is InChI=1S/C13H26N2O/c1-12(2)5-7-15(11-12)13(10-14)4-3-8-16-9-6-13/h3-11,14H2,1-2H3. The third kappa shape index (κ3) is 2.41. The van der Waals surface area contributed by atoms with Gasteiger partial charge in [0.25, 0.3) is 0 Å². The molecule has 3 nitrogen and oxygen atoms in total. The second kappa shape index (κ2) is 4.63. The van der Waals surface area contributed by atoms with Gasteiger partial charge in [-0.05, 0) is 37.6 Å². The van der Waals surface area contributed by atoms with Crippen molar-refractivity contribution in [2.24, 2.45) is 11.1 Å². The van der Waals surface area contributed by atoms with Crippen LogP contribution in [0.3, 0.4) is 0 Å². The van der Waals surface area contributed by atoms with Crippen LogP contribution in [0.1, 0.15) is 39.5 Å². The minimum absolute atomic E-state index is 0.226. The maximum absolute atomic E-state index is 6.08. The lowest BCUT2D eigenvalue weighted by atomic mass is 9.88. The Hall–Kier alpha value is -0.120. The van der Waals surface area contributed by atoms with Crippen LogP contribution in [0, 0.1) is 5.41 Å². The Balaban J connectivity index is 2.08. The van der Waals surface area contributed by atoms with Gasteiger partial charge < -0.3 is 10.5 Å². The molecule has 1 atom stereocenters. The fourth-order valence-electron chi connectivity index (χ4n) is 3.16. The van der Waals surface area contributed by atoms with Crippen molar-refractivity contribution >= 4 is 0 Å². The molecule has 0 aromatic heterocycles. The summed E-state index contributed by atoms with van der Waals surface area (Å²) in [5, 5.41) is 0. The van der Waals surface area contributed by atoms with Crippen LogP contribution in [0.5, 0.6) is 0 Å². The predicted molar refractivity (Wildman–Crippen MR) is 66.4 cm³/mol.